The Morgan fingerprint density at radius 3 is 2.52 bits per heavy atom. The van der Waals surface area contributed by atoms with Crippen molar-refractivity contribution in [2.24, 2.45) is 17.8 Å². The first-order valence-electron chi connectivity index (χ1n) is 10.2. The Kier molecular flexibility index (Phi) is 3.78. The summed E-state index contributed by atoms with van der Waals surface area (Å²) in [6.45, 7) is 4.45. The van der Waals surface area contributed by atoms with E-state index in [0.717, 1.165) is 11.6 Å². The van der Waals surface area contributed by atoms with Crippen molar-refractivity contribution < 1.29 is 4.92 Å². The van der Waals surface area contributed by atoms with Crippen LogP contribution in [0.4, 0.5) is 11.4 Å². The van der Waals surface area contributed by atoms with E-state index in [9.17, 15) is 10.1 Å². The van der Waals surface area contributed by atoms with E-state index in [-0.39, 0.29) is 10.6 Å². The van der Waals surface area contributed by atoms with Gasteiger partial charge in [-0.3, -0.25) is 10.1 Å². The lowest BCUT2D eigenvalue weighted by Crippen LogP contribution is -2.35. The predicted molar refractivity (Wildman–Crippen MR) is 107 cm³/mol. The van der Waals surface area contributed by atoms with E-state index in [1.165, 1.54) is 36.0 Å². The summed E-state index contributed by atoms with van der Waals surface area (Å²) in [5.41, 5.74) is 5.21. The molecule has 2 bridgehead atoms. The number of anilines is 1. The Hall–Kier alpha value is -2.36. The second-order valence-corrected chi connectivity index (χ2v) is 8.91. The van der Waals surface area contributed by atoms with Gasteiger partial charge < -0.3 is 5.32 Å². The van der Waals surface area contributed by atoms with E-state index in [0.29, 0.717) is 29.7 Å². The largest absolute Gasteiger partial charge is 0.378 e. The van der Waals surface area contributed by atoms with E-state index in [4.69, 9.17) is 0 Å². The van der Waals surface area contributed by atoms with Gasteiger partial charge in [0.05, 0.1) is 11.0 Å². The van der Waals surface area contributed by atoms with Crippen LogP contribution in [-0.2, 0) is 0 Å². The normalized spacial score (nSPS) is 30.7. The lowest BCUT2D eigenvalue weighted by atomic mass is 9.68. The van der Waals surface area contributed by atoms with Gasteiger partial charge in [-0.25, -0.2) is 0 Å². The van der Waals surface area contributed by atoms with Crippen LogP contribution in [-0.4, -0.2) is 4.92 Å². The first-order chi connectivity index (χ1) is 13.0. The minimum absolute atomic E-state index is 0.219. The number of nitro benzene ring substituents is 1. The van der Waals surface area contributed by atoms with Crippen LogP contribution in [0, 0.1) is 27.9 Å². The number of nitro groups is 1. The number of hydrogen-bond donors (Lipinski definition) is 1. The zero-order valence-electron chi connectivity index (χ0n) is 15.9. The van der Waals surface area contributed by atoms with Gasteiger partial charge in [0, 0.05) is 17.8 Å². The Morgan fingerprint density at radius 1 is 1.07 bits per heavy atom. The maximum atomic E-state index is 11.3. The summed E-state index contributed by atoms with van der Waals surface area (Å²) in [5, 5.41) is 15.1. The number of non-ortho nitro benzene ring substituents is 1. The standard InChI is InChI=1S/C23H26N2O2/c1-13(2)14-3-5-15(6-4-14)23-22-17-8-7-16(11-17)21(22)19-12-18(25(26)27)9-10-20(19)24-23/h3-6,9-10,12-13,16-17,21-24H,7-8,11H2,1-2H3/t16-,17-,21-,22+,23-/m0/s1. The van der Waals surface area contributed by atoms with Crippen LogP contribution < -0.4 is 5.32 Å². The molecule has 1 N–H and O–H groups in total. The highest BCUT2D eigenvalue weighted by Crippen LogP contribution is 2.63. The number of nitrogens with one attached hydrogen (secondary N) is 1. The van der Waals surface area contributed by atoms with E-state index in [1.54, 1.807) is 6.07 Å². The molecule has 2 aromatic rings. The SMILES string of the molecule is CC(C)c1ccc([C@@H]2Nc3ccc([N+](=O)[O-])cc3[C@@H]3[C@H]4CC[C@@H](C4)[C@H]32)cc1. The number of nitrogens with zero attached hydrogens (tertiary/aromatic N) is 1. The van der Waals surface area contributed by atoms with Crippen molar-refractivity contribution in [3.63, 3.8) is 0 Å². The highest BCUT2D eigenvalue weighted by atomic mass is 16.6. The Labute approximate surface area is 160 Å². The molecule has 2 aromatic carbocycles. The van der Waals surface area contributed by atoms with Gasteiger partial charge in [0.25, 0.3) is 5.69 Å². The number of benzene rings is 2. The van der Waals surface area contributed by atoms with Crippen molar-refractivity contribution in [3.05, 3.63) is 69.3 Å². The molecule has 0 radical (unpaired) electrons. The molecular formula is C23H26N2O2. The summed E-state index contributed by atoms with van der Waals surface area (Å²) < 4.78 is 0. The fraction of sp³-hybridized carbons (Fsp3) is 0.478. The van der Waals surface area contributed by atoms with Crippen molar-refractivity contribution in [2.45, 2.75) is 51.0 Å². The van der Waals surface area contributed by atoms with Gasteiger partial charge in [-0.2, -0.15) is 0 Å². The van der Waals surface area contributed by atoms with Gasteiger partial charge >= 0.3 is 0 Å². The molecule has 3 aliphatic rings. The zero-order chi connectivity index (χ0) is 18.7. The van der Waals surface area contributed by atoms with Gasteiger partial charge in [-0.15, -0.1) is 0 Å². The minimum atomic E-state index is -0.265. The predicted octanol–water partition coefficient (Wildman–Crippen LogP) is 6.01. The quantitative estimate of drug-likeness (QED) is 0.537. The van der Waals surface area contributed by atoms with E-state index >= 15 is 0 Å². The molecule has 0 saturated heterocycles. The zero-order valence-corrected chi connectivity index (χ0v) is 15.9. The molecule has 140 valence electrons. The van der Waals surface area contributed by atoms with Gasteiger partial charge in [0.15, 0.2) is 0 Å². The third-order valence-electron chi connectivity index (χ3n) is 7.24. The first kappa shape index (κ1) is 16.8. The van der Waals surface area contributed by atoms with Crippen LogP contribution in [0.2, 0.25) is 0 Å². The molecule has 1 heterocycles. The molecular weight excluding hydrogens is 336 g/mol. The molecule has 4 heteroatoms. The molecule has 0 amide bonds. The molecule has 0 aromatic heterocycles. The lowest BCUT2D eigenvalue weighted by Gasteiger charge is -2.43. The van der Waals surface area contributed by atoms with Crippen molar-refractivity contribution >= 4 is 11.4 Å². The van der Waals surface area contributed by atoms with Crippen LogP contribution in [0.3, 0.4) is 0 Å². The van der Waals surface area contributed by atoms with Crippen LogP contribution in [0.25, 0.3) is 0 Å². The molecule has 0 unspecified atom stereocenters. The van der Waals surface area contributed by atoms with Crippen molar-refractivity contribution in [1.82, 2.24) is 0 Å². The monoisotopic (exact) mass is 362 g/mol. The Bertz CT molecular complexity index is 890. The summed E-state index contributed by atoms with van der Waals surface area (Å²) in [5.74, 6) is 2.95. The fourth-order valence-corrected chi connectivity index (χ4v) is 6.01. The first-order valence-corrected chi connectivity index (χ1v) is 10.2. The molecule has 0 spiro atoms. The Morgan fingerprint density at radius 2 is 1.81 bits per heavy atom. The van der Waals surface area contributed by atoms with Crippen LogP contribution >= 0.6 is 0 Å². The van der Waals surface area contributed by atoms with E-state index in [2.05, 4.69) is 43.4 Å². The summed E-state index contributed by atoms with van der Waals surface area (Å²) in [4.78, 5) is 11.0. The van der Waals surface area contributed by atoms with Gasteiger partial charge in [-0.05, 0) is 71.6 Å². The molecule has 1 aliphatic heterocycles. The number of rotatable bonds is 3. The summed E-state index contributed by atoms with van der Waals surface area (Å²) in [6.07, 6.45) is 3.85. The molecule has 2 aliphatic carbocycles. The highest BCUT2D eigenvalue weighted by Gasteiger charge is 2.54. The second kappa shape index (κ2) is 6.08. The molecule has 5 atom stereocenters. The second-order valence-electron chi connectivity index (χ2n) is 8.91. The smallest absolute Gasteiger partial charge is 0.269 e. The molecule has 2 saturated carbocycles. The fourth-order valence-electron chi connectivity index (χ4n) is 6.01. The summed E-state index contributed by atoms with van der Waals surface area (Å²) in [7, 11) is 0. The minimum Gasteiger partial charge on any atom is -0.378 e. The summed E-state index contributed by atoms with van der Waals surface area (Å²) in [6, 6.07) is 14.8. The Balaban J connectivity index is 1.57. The van der Waals surface area contributed by atoms with Crippen molar-refractivity contribution in [1.29, 1.82) is 0 Å². The summed E-state index contributed by atoms with van der Waals surface area (Å²) >= 11 is 0. The van der Waals surface area contributed by atoms with Crippen LogP contribution in [0.5, 0.6) is 0 Å². The van der Waals surface area contributed by atoms with Crippen molar-refractivity contribution in [2.75, 3.05) is 5.32 Å². The third-order valence-corrected chi connectivity index (χ3v) is 7.24. The maximum absolute atomic E-state index is 11.3. The van der Waals surface area contributed by atoms with Crippen LogP contribution in [0.15, 0.2) is 42.5 Å². The molecule has 27 heavy (non-hydrogen) atoms. The van der Waals surface area contributed by atoms with Crippen molar-refractivity contribution in [3.8, 4) is 0 Å². The van der Waals surface area contributed by atoms with Gasteiger partial charge in [0.1, 0.15) is 0 Å². The number of hydrogen-bond acceptors (Lipinski definition) is 3. The average Bonchev–Trinajstić information content (AvgIpc) is 3.29. The third kappa shape index (κ3) is 2.57. The number of fused-ring (bicyclic) bond motifs is 7. The van der Waals surface area contributed by atoms with E-state index in [1.807, 2.05) is 12.1 Å². The van der Waals surface area contributed by atoms with Crippen LogP contribution in [0.1, 0.15) is 67.7 Å². The van der Waals surface area contributed by atoms with E-state index < -0.39 is 0 Å². The highest BCUT2D eigenvalue weighted by molar-refractivity contribution is 5.62. The average molecular weight is 362 g/mol. The molecule has 2 fully saturated rings. The lowest BCUT2D eigenvalue weighted by molar-refractivity contribution is -0.384. The molecule has 5 rings (SSSR count). The van der Waals surface area contributed by atoms with Gasteiger partial charge in [0.2, 0.25) is 0 Å². The van der Waals surface area contributed by atoms with Gasteiger partial charge in [-0.1, -0.05) is 38.1 Å². The maximum Gasteiger partial charge on any atom is 0.269 e. The molecule has 4 nitrogen and oxygen atoms in total. The topological polar surface area (TPSA) is 55.2 Å².